The van der Waals surface area contributed by atoms with E-state index in [4.69, 9.17) is 14.2 Å². The molecule has 30 heavy (non-hydrogen) atoms. The Labute approximate surface area is 178 Å². The van der Waals surface area contributed by atoms with Crippen LogP contribution in [-0.4, -0.2) is 45.1 Å². The van der Waals surface area contributed by atoms with Gasteiger partial charge in [-0.25, -0.2) is 0 Å². The average molecular weight is 408 g/mol. The van der Waals surface area contributed by atoms with Crippen LogP contribution in [-0.2, 0) is 13.0 Å². The van der Waals surface area contributed by atoms with Crippen LogP contribution in [0.25, 0.3) is 0 Å². The largest absolute Gasteiger partial charge is 0.493 e. The molecule has 2 aromatic carbocycles. The van der Waals surface area contributed by atoms with Gasteiger partial charge in [0, 0.05) is 18.5 Å². The van der Waals surface area contributed by atoms with Crippen molar-refractivity contribution in [2.45, 2.75) is 25.8 Å². The summed E-state index contributed by atoms with van der Waals surface area (Å²) < 4.78 is 16.4. The van der Waals surface area contributed by atoms with Crippen molar-refractivity contribution < 1.29 is 19.0 Å². The zero-order chi connectivity index (χ0) is 21.1. The number of benzene rings is 2. The number of allylic oxidation sites excluding steroid dienone is 2. The molecule has 5 heteroatoms. The molecule has 0 atom stereocenters. The summed E-state index contributed by atoms with van der Waals surface area (Å²) >= 11 is 0. The molecule has 0 radical (unpaired) electrons. The molecule has 0 saturated carbocycles. The van der Waals surface area contributed by atoms with Gasteiger partial charge in [0.15, 0.2) is 17.3 Å². The maximum Gasteiger partial charge on any atom is 0.204 e. The molecule has 0 unspecified atom stereocenters. The number of hydrogen-bond donors (Lipinski definition) is 0. The van der Waals surface area contributed by atoms with Crippen LogP contribution in [0, 0.1) is 5.92 Å². The van der Waals surface area contributed by atoms with E-state index in [0.29, 0.717) is 35.2 Å². The van der Waals surface area contributed by atoms with E-state index >= 15 is 0 Å². The lowest BCUT2D eigenvalue weighted by Gasteiger charge is -2.30. The van der Waals surface area contributed by atoms with Gasteiger partial charge in [0.2, 0.25) is 5.75 Å². The number of carbonyl (C=O) groups is 1. The first-order chi connectivity index (χ1) is 14.6. The van der Waals surface area contributed by atoms with Crippen LogP contribution in [0.5, 0.6) is 17.2 Å². The second-order valence-electron chi connectivity index (χ2n) is 7.98. The van der Waals surface area contributed by atoms with E-state index in [-0.39, 0.29) is 5.78 Å². The summed E-state index contributed by atoms with van der Waals surface area (Å²) in [7, 11) is 4.72. The van der Waals surface area contributed by atoms with Crippen molar-refractivity contribution >= 4 is 5.78 Å². The summed E-state index contributed by atoms with van der Waals surface area (Å²) in [4.78, 5) is 15.7. The number of rotatable bonds is 6. The van der Waals surface area contributed by atoms with Crippen molar-refractivity contribution in [1.29, 1.82) is 0 Å². The third-order valence-corrected chi connectivity index (χ3v) is 6.13. The van der Waals surface area contributed by atoms with Crippen LogP contribution in [0.2, 0.25) is 0 Å². The summed E-state index contributed by atoms with van der Waals surface area (Å²) in [6.07, 6.45) is 4.96. The first-order valence-electron chi connectivity index (χ1n) is 10.5. The smallest absolute Gasteiger partial charge is 0.204 e. The number of hydrogen-bond acceptors (Lipinski definition) is 5. The Balaban J connectivity index is 1.47. The lowest BCUT2D eigenvalue weighted by molar-refractivity contribution is 0.103. The Kier molecular flexibility index (Phi) is 6.09. The Hall–Kier alpha value is -2.79. The van der Waals surface area contributed by atoms with Gasteiger partial charge in [-0.1, -0.05) is 36.4 Å². The van der Waals surface area contributed by atoms with Gasteiger partial charge in [-0.2, -0.15) is 0 Å². The summed E-state index contributed by atoms with van der Waals surface area (Å²) in [5.41, 5.74) is 3.77. The molecule has 0 spiro atoms. The summed E-state index contributed by atoms with van der Waals surface area (Å²) in [6, 6.07) is 12.5. The molecule has 0 bridgehead atoms. The highest BCUT2D eigenvalue weighted by Crippen LogP contribution is 2.46. The molecule has 1 aliphatic carbocycles. The maximum absolute atomic E-state index is 13.2. The van der Waals surface area contributed by atoms with Crippen LogP contribution in [0.4, 0.5) is 0 Å². The van der Waals surface area contributed by atoms with Crippen LogP contribution in [0.15, 0.2) is 48.0 Å². The number of ketones is 1. The highest BCUT2D eigenvalue weighted by atomic mass is 16.5. The van der Waals surface area contributed by atoms with E-state index in [1.54, 1.807) is 21.3 Å². The minimum Gasteiger partial charge on any atom is -0.493 e. The molecular weight excluding hydrogens is 378 g/mol. The van der Waals surface area contributed by atoms with Gasteiger partial charge in [0.1, 0.15) is 0 Å². The SMILES string of the molecule is COc1cc2c(c(OC)c1OC)C(=O)/C(=C/C1CCN(Cc3ccccc3)CC1)C2. The topological polar surface area (TPSA) is 48.0 Å². The molecule has 0 amide bonds. The lowest BCUT2D eigenvalue weighted by Crippen LogP contribution is -2.32. The molecule has 5 nitrogen and oxygen atoms in total. The van der Waals surface area contributed by atoms with Gasteiger partial charge in [0.05, 0.1) is 26.9 Å². The summed E-state index contributed by atoms with van der Waals surface area (Å²) in [5.74, 6) is 2.02. The Morgan fingerprint density at radius 2 is 1.70 bits per heavy atom. The fourth-order valence-electron chi connectivity index (χ4n) is 4.58. The molecular formula is C25H29NO4. The Morgan fingerprint density at radius 3 is 2.33 bits per heavy atom. The standard InChI is InChI=1S/C25H29NO4/c1-28-21-15-19-14-20(23(27)22(19)25(30-3)24(21)29-2)13-17-9-11-26(12-10-17)16-18-7-5-4-6-8-18/h4-8,13,15,17H,9-12,14,16H2,1-3H3/b20-13+. The minimum absolute atomic E-state index is 0.0505. The lowest BCUT2D eigenvalue weighted by atomic mass is 9.93. The number of Topliss-reactive ketones (excluding diaryl/α,β-unsaturated/α-hetero) is 1. The van der Waals surface area contributed by atoms with Crippen LogP contribution < -0.4 is 14.2 Å². The van der Waals surface area contributed by atoms with E-state index in [1.165, 1.54) is 5.56 Å². The van der Waals surface area contributed by atoms with Gasteiger partial charge in [0.25, 0.3) is 0 Å². The Morgan fingerprint density at radius 1 is 1.00 bits per heavy atom. The molecule has 158 valence electrons. The number of piperidine rings is 1. The molecule has 1 aliphatic heterocycles. The molecule has 1 fully saturated rings. The summed E-state index contributed by atoms with van der Waals surface area (Å²) in [5, 5.41) is 0. The molecule has 1 saturated heterocycles. The number of carbonyl (C=O) groups excluding carboxylic acids is 1. The first kappa shape index (κ1) is 20.5. The quantitative estimate of drug-likeness (QED) is 0.669. The highest BCUT2D eigenvalue weighted by Gasteiger charge is 2.33. The van der Waals surface area contributed by atoms with Crippen molar-refractivity contribution in [3.63, 3.8) is 0 Å². The minimum atomic E-state index is 0.0505. The molecule has 4 rings (SSSR count). The number of methoxy groups -OCH3 is 3. The van der Waals surface area contributed by atoms with Crippen molar-refractivity contribution in [3.05, 3.63) is 64.7 Å². The van der Waals surface area contributed by atoms with Crippen molar-refractivity contribution in [3.8, 4) is 17.2 Å². The van der Waals surface area contributed by atoms with Crippen LogP contribution in [0.3, 0.4) is 0 Å². The van der Waals surface area contributed by atoms with Gasteiger partial charge in [-0.15, -0.1) is 0 Å². The van der Waals surface area contributed by atoms with Crippen molar-refractivity contribution in [2.75, 3.05) is 34.4 Å². The number of fused-ring (bicyclic) bond motifs is 1. The van der Waals surface area contributed by atoms with E-state index in [1.807, 2.05) is 6.07 Å². The molecule has 1 heterocycles. The monoisotopic (exact) mass is 407 g/mol. The fraction of sp³-hybridized carbons (Fsp3) is 0.400. The third-order valence-electron chi connectivity index (χ3n) is 6.13. The van der Waals surface area contributed by atoms with Crippen molar-refractivity contribution in [2.24, 2.45) is 5.92 Å². The van der Waals surface area contributed by atoms with Crippen molar-refractivity contribution in [1.82, 2.24) is 4.90 Å². The molecule has 2 aromatic rings. The van der Waals surface area contributed by atoms with Gasteiger partial charge in [-0.05, 0) is 49.0 Å². The van der Waals surface area contributed by atoms with Gasteiger partial charge in [-0.3, -0.25) is 9.69 Å². The fourth-order valence-corrected chi connectivity index (χ4v) is 4.58. The number of likely N-dealkylation sites (tertiary alicyclic amines) is 1. The molecule has 0 aromatic heterocycles. The zero-order valence-electron chi connectivity index (χ0n) is 17.9. The Bertz CT molecular complexity index is 943. The van der Waals surface area contributed by atoms with Crippen LogP contribution in [0.1, 0.15) is 34.3 Å². The molecule has 2 aliphatic rings. The zero-order valence-corrected chi connectivity index (χ0v) is 17.9. The van der Waals surface area contributed by atoms with E-state index < -0.39 is 0 Å². The predicted octanol–water partition coefficient (Wildman–Crippen LogP) is 4.29. The number of nitrogens with zero attached hydrogens (tertiary/aromatic N) is 1. The summed E-state index contributed by atoms with van der Waals surface area (Å²) in [6.45, 7) is 3.09. The van der Waals surface area contributed by atoms with E-state index in [2.05, 4.69) is 41.3 Å². The average Bonchev–Trinajstić information content (AvgIpc) is 3.09. The predicted molar refractivity (Wildman–Crippen MR) is 117 cm³/mol. The van der Waals surface area contributed by atoms with Crippen LogP contribution >= 0.6 is 0 Å². The van der Waals surface area contributed by atoms with E-state index in [9.17, 15) is 4.79 Å². The number of ether oxygens (including phenoxy) is 3. The van der Waals surface area contributed by atoms with Gasteiger partial charge >= 0.3 is 0 Å². The second kappa shape index (κ2) is 8.92. The normalized spacial score (nSPS) is 18.5. The molecule has 0 N–H and O–H groups in total. The maximum atomic E-state index is 13.2. The van der Waals surface area contributed by atoms with E-state index in [0.717, 1.165) is 43.6 Å². The third kappa shape index (κ3) is 3.94. The second-order valence-corrected chi connectivity index (χ2v) is 7.98. The van der Waals surface area contributed by atoms with Gasteiger partial charge < -0.3 is 14.2 Å². The first-order valence-corrected chi connectivity index (χ1v) is 10.5. The highest BCUT2D eigenvalue weighted by molar-refractivity contribution is 6.15.